The summed E-state index contributed by atoms with van der Waals surface area (Å²) in [5, 5.41) is 12.1. The van der Waals surface area contributed by atoms with Crippen LogP contribution in [-0.2, 0) is 0 Å². The molecule has 0 unspecified atom stereocenters. The van der Waals surface area contributed by atoms with Gasteiger partial charge in [0, 0.05) is 5.69 Å². The zero-order valence-electron chi connectivity index (χ0n) is 11.3. The van der Waals surface area contributed by atoms with Crippen LogP contribution in [0.5, 0.6) is 11.5 Å². The minimum Gasteiger partial charge on any atom is -0.457 e. The average Bonchev–Trinajstić information content (AvgIpc) is 2.98. The molecule has 0 aliphatic rings. The number of ether oxygens (including phenoxy) is 1. The molecule has 1 N–H and O–H groups in total. The number of thioether (sulfide) groups is 1. The molecule has 21 heavy (non-hydrogen) atoms. The van der Waals surface area contributed by atoms with Crippen LogP contribution in [-0.4, -0.2) is 16.5 Å². The van der Waals surface area contributed by atoms with Gasteiger partial charge in [-0.05, 0) is 42.7 Å². The molecule has 0 bridgehead atoms. The Bertz CT molecular complexity index is 698. The summed E-state index contributed by atoms with van der Waals surface area (Å²) in [7, 11) is 0. The Hall–Kier alpha value is -2.05. The molecule has 3 aromatic rings. The lowest BCUT2D eigenvalue weighted by molar-refractivity contribution is 0.483. The van der Waals surface area contributed by atoms with E-state index in [1.807, 2.05) is 60.9 Å². The van der Waals surface area contributed by atoms with Gasteiger partial charge in [-0.3, -0.25) is 0 Å². The molecule has 0 aliphatic carbocycles. The molecule has 0 radical (unpaired) electrons. The maximum atomic E-state index is 5.75. The summed E-state index contributed by atoms with van der Waals surface area (Å²) in [5.41, 5.74) is 0.958. The first kappa shape index (κ1) is 13.9. The molecular weight excluding hydrogens is 302 g/mol. The van der Waals surface area contributed by atoms with E-state index in [4.69, 9.17) is 4.74 Å². The van der Waals surface area contributed by atoms with Gasteiger partial charge in [0.15, 0.2) is 4.34 Å². The predicted molar refractivity (Wildman–Crippen MR) is 87.9 cm³/mol. The third-order valence-electron chi connectivity index (χ3n) is 2.67. The fourth-order valence-electron chi connectivity index (χ4n) is 1.70. The molecule has 6 heteroatoms. The van der Waals surface area contributed by atoms with E-state index in [1.165, 1.54) is 11.3 Å². The van der Waals surface area contributed by atoms with E-state index in [1.54, 1.807) is 11.8 Å². The number of anilines is 2. The van der Waals surface area contributed by atoms with Gasteiger partial charge in [0.05, 0.1) is 0 Å². The van der Waals surface area contributed by atoms with E-state index in [9.17, 15) is 0 Å². The van der Waals surface area contributed by atoms with Gasteiger partial charge in [-0.25, -0.2) is 0 Å². The summed E-state index contributed by atoms with van der Waals surface area (Å²) in [4.78, 5) is 0. The van der Waals surface area contributed by atoms with Gasteiger partial charge in [0.1, 0.15) is 11.5 Å². The van der Waals surface area contributed by atoms with E-state index >= 15 is 0 Å². The second-order valence-electron chi connectivity index (χ2n) is 4.14. The number of nitrogens with zero attached hydrogens (tertiary/aromatic N) is 2. The first-order valence-corrected chi connectivity index (χ1v) is 8.35. The largest absolute Gasteiger partial charge is 0.457 e. The van der Waals surface area contributed by atoms with Crippen LogP contribution < -0.4 is 10.1 Å². The van der Waals surface area contributed by atoms with E-state index in [2.05, 4.69) is 15.5 Å². The van der Waals surface area contributed by atoms with Crippen molar-refractivity contribution in [2.45, 2.75) is 4.34 Å². The van der Waals surface area contributed by atoms with Crippen molar-refractivity contribution in [1.82, 2.24) is 10.2 Å². The number of rotatable bonds is 5. The fraction of sp³-hybridized carbons (Fsp3) is 0.0667. The van der Waals surface area contributed by atoms with Crippen molar-refractivity contribution < 1.29 is 4.74 Å². The average molecular weight is 315 g/mol. The smallest absolute Gasteiger partial charge is 0.210 e. The molecule has 106 valence electrons. The molecule has 0 atom stereocenters. The fourth-order valence-corrected chi connectivity index (χ4v) is 2.89. The van der Waals surface area contributed by atoms with Crippen LogP contribution in [0.4, 0.5) is 10.8 Å². The third-order valence-corrected chi connectivity index (χ3v) is 4.48. The summed E-state index contributed by atoms with van der Waals surface area (Å²) in [5.74, 6) is 1.63. The van der Waals surface area contributed by atoms with Crippen LogP contribution in [0.15, 0.2) is 58.9 Å². The van der Waals surface area contributed by atoms with Crippen molar-refractivity contribution in [2.75, 3.05) is 11.6 Å². The van der Waals surface area contributed by atoms with Gasteiger partial charge in [-0.1, -0.05) is 41.3 Å². The predicted octanol–water partition coefficient (Wildman–Crippen LogP) is 4.80. The highest BCUT2D eigenvalue weighted by Gasteiger charge is 2.03. The summed E-state index contributed by atoms with van der Waals surface area (Å²) in [6.45, 7) is 0. The van der Waals surface area contributed by atoms with Crippen molar-refractivity contribution in [3.05, 3.63) is 54.6 Å². The second-order valence-corrected chi connectivity index (χ2v) is 6.17. The molecule has 0 aliphatic heterocycles. The highest BCUT2D eigenvalue weighted by molar-refractivity contribution is 8.00. The van der Waals surface area contributed by atoms with Crippen LogP contribution >= 0.6 is 23.1 Å². The van der Waals surface area contributed by atoms with Crippen molar-refractivity contribution in [3.63, 3.8) is 0 Å². The Morgan fingerprint density at radius 1 is 0.952 bits per heavy atom. The molecule has 0 saturated carbocycles. The molecule has 1 aromatic heterocycles. The summed E-state index contributed by atoms with van der Waals surface area (Å²) >= 11 is 3.12. The summed E-state index contributed by atoms with van der Waals surface area (Å²) < 4.78 is 6.69. The molecule has 0 spiro atoms. The van der Waals surface area contributed by atoms with Crippen molar-refractivity contribution in [1.29, 1.82) is 0 Å². The maximum absolute atomic E-state index is 5.75. The highest BCUT2D eigenvalue weighted by Crippen LogP contribution is 2.27. The topological polar surface area (TPSA) is 47.0 Å². The third kappa shape index (κ3) is 3.74. The second kappa shape index (κ2) is 6.60. The standard InChI is InChI=1S/C15H13N3OS2/c1-20-15-18-17-14(21-15)16-11-7-9-13(10-8-11)19-12-5-3-2-4-6-12/h2-10H,1H3,(H,16,17). The van der Waals surface area contributed by atoms with Crippen LogP contribution in [0.2, 0.25) is 0 Å². The first-order chi connectivity index (χ1) is 10.3. The number of hydrogen-bond donors (Lipinski definition) is 1. The highest BCUT2D eigenvalue weighted by atomic mass is 32.2. The summed E-state index contributed by atoms with van der Waals surface area (Å²) in [6.07, 6.45) is 1.99. The molecule has 1 heterocycles. The van der Waals surface area contributed by atoms with E-state index in [0.29, 0.717) is 0 Å². The molecule has 4 nitrogen and oxygen atoms in total. The molecule has 0 saturated heterocycles. The molecular formula is C15H13N3OS2. The van der Waals surface area contributed by atoms with Gasteiger partial charge in [0.2, 0.25) is 5.13 Å². The van der Waals surface area contributed by atoms with Gasteiger partial charge in [0.25, 0.3) is 0 Å². The van der Waals surface area contributed by atoms with Crippen molar-refractivity contribution in [2.24, 2.45) is 0 Å². The van der Waals surface area contributed by atoms with Gasteiger partial charge in [-0.2, -0.15) is 0 Å². The monoisotopic (exact) mass is 315 g/mol. The zero-order chi connectivity index (χ0) is 14.5. The van der Waals surface area contributed by atoms with E-state index < -0.39 is 0 Å². The normalized spacial score (nSPS) is 10.3. The molecule has 0 amide bonds. The number of hydrogen-bond acceptors (Lipinski definition) is 6. The van der Waals surface area contributed by atoms with Crippen LogP contribution in [0.3, 0.4) is 0 Å². The Balaban J connectivity index is 1.66. The molecule has 2 aromatic carbocycles. The number of aromatic nitrogens is 2. The van der Waals surface area contributed by atoms with Crippen LogP contribution in [0.1, 0.15) is 0 Å². The first-order valence-electron chi connectivity index (χ1n) is 6.31. The minimum atomic E-state index is 0.788. The Morgan fingerprint density at radius 2 is 1.67 bits per heavy atom. The van der Waals surface area contributed by atoms with Gasteiger partial charge in [-0.15, -0.1) is 10.2 Å². The van der Waals surface area contributed by atoms with E-state index in [-0.39, 0.29) is 0 Å². The Labute approximate surface area is 131 Å². The zero-order valence-corrected chi connectivity index (χ0v) is 12.9. The lowest BCUT2D eigenvalue weighted by atomic mass is 10.3. The van der Waals surface area contributed by atoms with Crippen LogP contribution in [0.25, 0.3) is 0 Å². The SMILES string of the molecule is CSc1nnc(Nc2ccc(Oc3ccccc3)cc2)s1. The lowest BCUT2D eigenvalue weighted by Gasteiger charge is -2.06. The van der Waals surface area contributed by atoms with Crippen LogP contribution in [0, 0.1) is 0 Å². The van der Waals surface area contributed by atoms with Gasteiger partial charge < -0.3 is 10.1 Å². The minimum absolute atomic E-state index is 0.788. The van der Waals surface area contributed by atoms with Gasteiger partial charge >= 0.3 is 0 Å². The van der Waals surface area contributed by atoms with E-state index in [0.717, 1.165) is 26.7 Å². The van der Waals surface area contributed by atoms with Crippen molar-refractivity contribution in [3.8, 4) is 11.5 Å². The molecule has 3 rings (SSSR count). The number of benzene rings is 2. The summed E-state index contributed by atoms with van der Waals surface area (Å²) in [6, 6.07) is 17.5. The number of nitrogens with one attached hydrogen (secondary N) is 1. The van der Waals surface area contributed by atoms with Crippen molar-refractivity contribution >= 4 is 33.9 Å². The lowest BCUT2D eigenvalue weighted by Crippen LogP contribution is -1.90. The maximum Gasteiger partial charge on any atom is 0.210 e. The Morgan fingerprint density at radius 3 is 2.33 bits per heavy atom. The quantitative estimate of drug-likeness (QED) is 0.686. The Kier molecular flexibility index (Phi) is 4.37. The number of para-hydroxylation sites is 1. The molecule has 0 fully saturated rings.